The molecule has 0 radical (unpaired) electrons. The summed E-state index contributed by atoms with van der Waals surface area (Å²) in [6, 6.07) is 7.14. The molecule has 0 aliphatic carbocycles. The van der Waals surface area contributed by atoms with Crippen LogP contribution in [0.2, 0.25) is 5.02 Å². The first-order valence-corrected chi connectivity index (χ1v) is 5.54. The molecule has 1 amide bonds. The van der Waals surface area contributed by atoms with Crippen molar-refractivity contribution < 1.29 is 33.3 Å². The number of amides is 1. The van der Waals surface area contributed by atoms with Crippen molar-refractivity contribution in [3.05, 3.63) is 47.5 Å². The maximum Gasteiger partial charge on any atom is 0.346 e. The summed E-state index contributed by atoms with van der Waals surface area (Å²) in [5, 5.41) is 0.653. The van der Waals surface area contributed by atoms with Gasteiger partial charge in [0.25, 0.3) is 0 Å². The topological polar surface area (TPSA) is 40.0 Å². The molecule has 0 atom stereocenters. The van der Waals surface area contributed by atoms with Gasteiger partial charge in [-0.1, -0.05) is 11.6 Å². The van der Waals surface area contributed by atoms with E-state index in [2.05, 4.69) is 4.98 Å². The van der Waals surface area contributed by atoms with Gasteiger partial charge in [-0.2, -0.15) is 0 Å². The van der Waals surface area contributed by atoms with E-state index in [1.807, 2.05) is 19.2 Å². The third-order valence-electron chi connectivity index (χ3n) is 2.59. The highest BCUT2D eigenvalue weighted by atomic mass is 127. The van der Waals surface area contributed by atoms with Crippen molar-refractivity contribution in [2.75, 3.05) is 11.9 Å². The van der Waals surface area contributed by atoms with Crippen molar-refractivity contribution in [3.8, 4) is 0 Å². The molecule has 2 rings (SSSR count). The van der Waals surface area contributed by atoms with Gasteiger partial charge in [0.2, 0.25) is 0 Å². The van der Waals surface area contributed by atoms with Gasteiger partial charge in [0.15, 0.2) is 0 Å². The van der Waals surface area contributed by atoms with Crippen LogP contribution < -0.4 is 33.4 Å². The molecule has 0 fully saturated rings. The van der Waals surface area contributed by atoms with E-state index in [9.17, 15) is 4.79 Å². The van der Waals surface area contributed by atoms with Gasteiger partial charge < -0.3 is 28.9 Å². The van der Waals surface area contributed by atoms with Gasteiger partial charge in [0.1, 0.15) is 12.4 Å². The summed E-state index contributed by atoms with van der Waals surface area (Å²) < 4.78 is 1.74. The minimum absolute atomic E-state index is 0. The minimum Gasteiger partial charge on any atom is -1.00 e. The second-order valence-corrected chi connectivity index (χ2v) is 4.20. The van der Waals surface area contributed by atoms with Crippen LogP contribution >= 0.6 is 11.6 Å². The largest absolute Gasteiger partial charge is 1.00 e. The van der Waals surface area contributed by atoms with E-state index in [0.29, 0.717) is 10.8 Å². The van der Waals surface area contributed by atoms with Gasteiger partial charge in [-0.15, -0.1) is 0 Å². The van der Waals surface area contributed by atoms with E-state index in [0.717, 1.165) is 5.69 Å². The van der Waals surface area contributed by atoms with E-state index >= 15 is 0 Å². The minimum atomic E-state index is -0.0974. The Bertz CT molecular complexity index is 539. The van der Waals surface area contributed by atoms with Crippen LogP contribution in [0.1, 0.15) is 10.6 Å². The normalized spacial score (nSPS) is 9.72. The van der Waals surface area contributed by atoms with Crippen LogP contribution in [-0.2, 0) is 7.05 Å². The molecule has 96 valence electrons. The number of aromatic amines is 1. The van der Waals surface area contributed by atoms with Gasteiger partial charge in [-0.25, -0.2) is 9.55 Å². The van der Waals surface area contributed by atoms with Crippen molar-refractivity contribution in [1.82, 2.24) is 4.98 Å². The average Bonchev–Trinajstić information content (AvgIpc) is 2.74. The molecule has 0 aliphatic rings. The molecule has 1 heterocycles. The van der Waals surface area contributed by atoms with Gasteiger partial charge in [0, 0.05) is 17.8 Å². The zero-order chi connectivity index (χ0) is 12.4. The third-order valence-corrected chi connectivity index (χ3v) is 2.84. The lowest BCUT2D eigenvalue weighted by molar-refractivity contribution is -0.672. The zero-order valence-corrected chi connectivity index (χ0v) is 12.9. The summed E-state index contributed by atoms with van der Waals surface area (Å²) in [5.74, 6) is 0.433. The maximum atomic E-state index is 12.2. The Morgan fingerprint density at radius 3 is 2.44 bits per heavy atom. The van der Waals surface area contributed by atoms with Crippen LogP contribution in [0.25, 0.3) is 0 Å². The first-order valence-electron chi connectivity index (χ1n) is 5.16. The van der Waals surface area contributed by atoms with Crippen LogP contribution in [0.4, 0.5) is 5.69 Å². The van der Waals surface area contributed by atoms with Crippen molar-refractivity contribution in [2.24, 2.45) is 7.05 Å². The molecule has 1 N–H and O–H groups in total. The molecule has 18 heavy (non-hydrogen) atoms. The predicted molar refractivity (Wildman–Crippen MR) is 66.2 cm³/mol. The molecule has 0 spiro atoms. The van der Waals surface area contributed by atoms with E-state index in [4.69, 9.17) is 11.6 Å². The number of carbonyl (C=O) groups is 1. The Kier molecular flexibility index (Phi) is 5.15. The molecule has 1 aromatic heterocycles. The number of aryl methyl sites for hydroxylation is 1. The summed E-state index contributed by atoms with van der Waals surface area (Å²) in [6.45, 7) is 0. The van der Waals surface area contributed by atoms with Crippen molar-refractivity contribution in [1.29, 1.82) is 0 Å². The zero-order valence-electron chi connectivity index (χ0n) is 10.0. The number of H-pyrrole nitrogens is 1. The summed E-state index contributed by atoms with van der Waals surface area (Å²) in [7, 11) is 3.55. The monoisotopic (exact) mass is 377 g/mol. The summed E-state index contributed by atoms with van der Waals surface area (Å²) in [5.41, 5.74) is 0.800. The number of aromatic nitrogens is 2. The van der Waals surface area contributed by atoms with Crippen molar-refractivity contribution in [3.63, 3.8) is 0 Å². The standard InChI is InChI=1S/C12H12ClN3O.HI/c1-15-8-7-14-11(15)12(17)16(2)10-5-3-9(13)4-6-10;/h3-8H,1-2H3;1H. The molecule has 0 saturated carbocycles. The Morgan fingerprint density at radius 1 is 1.33 bits per heavy atom. The van der Waals surface area contributed by atoms with Crippen LogP contribution in [0.3, 0.4) is 0 Å². The fraction of sp³-hybridized carbons (Fsp3) is 0.167. The van der Waals surface area contributed by atoms with E-state index < -0.39 is 0 Å². The predicted octanol–water partition coefficient (Wildman–Crippen LogP) is -1.23. The summed E-state index contributed by atoms with van der Waals surface area (Å²) in [4.78, 5) is 16.6. The Hall–Kier alpha value is -1.08. The molecule has 0 unspecified atom stereocenters. The Balaban J connectivity index is 0.00000162. The van der Waals surface area contributed by atoms with Crippen LogP contribution in [0.15, 0.2) is 36.7 Å². The lowest BCUT2D eigenvalue weighted by Crippen LogP contribution is -3.00. The molecule has 0 aliphatic heterocycles. The molecule has 1 aromatic carbocycles. The van der Waals surface area contributed by atoms with Crippen LogP contribution in [-0.4, -0.2) is 17.9 Å². The highest BCUT2D eigenvalue weighted by Gasteiger charge is 2.22. The highest BCUT2D eigenvalue weighted by molar-refractivity contribution is 6.30. The number of hydrogen-bond acceptors (Lipinski definition) is 1. The maximum absolute atomic E-state index is 12.2. The first-order chi connectivity index (χ1) is 8.09. The molecule has 6 heteroatoms. The van der Waals surface area contributed by atoms with E-state index in [1.165, 1.54) is 0 Å². The van der Waals surface area contributed by atoms with Gasteiger partial charge in [-0.05, 0) is 24.3 Å². The molecule has 4 nitrogen and oxygen atoms in total. The number of halogens is 2. The van der Waals surface area contributed by atoms with Crippen molar-refractivity contribution in [2.45, 2.75) is 0 Å². The van der Waals surface area contributed by atoms with Crippen molar-refractivity contribution >= 4 is 23.2 Å². The van der Waals surface area contributed by atoms with E-state index in [1.54, 1.807) is 41.0 Å². The lowest BCUT2D eigenvalue weighted by Gasteiger charge is -2.14. The summed E-state index contributed by atoms with van der Waals surface area (Å²) >= 11 is 5.81. The lowest BCUT2D eigenvalue weighted by atomic mass is 10.3. The smallest absolute Gasteiger partial charge is 0.346 e. The Labute approximate surface area is 128 Å². The molecule has 2 aromatic rings. The molecule has 0 bridgehead atoms. The number of anilines is 1. The Morgan fingerprint density at radius 2 is 1.94 bits per heavy atom. The number of benzene rings is 1. The van der Waals surface area contributed by atoms with E-state index in [-0.39, 0.29) is 29.9 Å². The first kappa shape index (κ1) is 15.0. The second kappa shape index (κ2) is 6.19. The average molecular weight is 378 g/mol. The van der Waals surface area contributed by atoms with Gasteiger partial charge in [-0.3, -0.25) is 4.79 Å². The SMILES string of the molecule is CN(C(=O)c1[nH]cc[n+]1C)c1ccc(Cl)cc1.[I-]. The number of nitrogens with one attached hydrogen (secondary N) is 1. The second-order valence-electron chi connectivity index (χ2n) is 3.76. The fourth-order valence-electron chi connectivity index (χ4n) is 1.56. The van der Waals surface area contributed by atoms with Gasteiger partial charge in [0.05, 0.1) is 7.05 Å². The molecular weight excluding hydrogens is 365 g/mol. The molecular formula is C12H13ClIN3O. The quantitative estimate of drug-likeness (QED) is 0.517. The highest BCUT2D eigenvalue weighted by Crippen LogP contribution is 2.17. The molecule has 0 saturated heterocycles. The fourth-order valence-corrected chi connectivity index (χ4v) is 1.68. The number of carbonyl (C=O) groups excluding carboxylic acids is 1. The summed E-state index contributed by atoms with van der Waals surface area (Å²) in [6.07, 6.45) is 3.52. The third kappa shape index (κ3) is 3.02. The number of imidazole rings is 1. The van der Waals surface area contributed by atoms with Crippen LogP contribution in [0.5, 0.6) is 0 Å². The van der Waals surface area contributed by atoms with Gasteiger partial charge >= 0.3 is 11.7 Å². The number of nitrogens with zero attached hydrogens (tertiary/aromatic N) is 2. The number of rotatable bonds is 2. The number of hydrogen-bond donors (Lipinski definition) is 1. The van der Waals surface area contributed by atoms with Crippen LogP contribution in [0, 0.1) is 0 Å².